The van der Waals surface area contributed by atoms with Crippen molar-refractivity contribution in [3.63, 3.8) is 0 Å². The van der Waals surface area contributed by atoms with Crippen LogP contribution >= 0.6 is 0 Å². The second-order valence-electron chi connectivity index (χ2n) is 13.4. The standard InChI is InChI=1S/C37H44O9/c1-7-14-28(39)44-31-30-32(42-24(3)38)37(46-35(30,4)5)23(2)19-21-27(43-29(40)22-20-25-15-10-8-11-16-25)36(37,6)33(31)45-34(41)26-17-12-9-13-18-26/h8-13,15-18,20,22-23,27,30-33H,7,14,19,21H2,1-6H3/t23-,27+,30-,31-,32-,33-,36+,37-/m1/s1. The topological polar surface area (TPSA) is 114 Å². The molecule has 8 atom stereocenters. The van der Waals surface area contributed by atoms with Gasteiger partial charge in [0.05, 0.1) is 22.5 Å². The second kappa shape index (κ2) is 13.0. The maximum atomic E-state index is 13.8. The Morgan fingerprint density at radius 3 is 2.15 bits per heavy atom. The number of esters is 4. The Balaban J connectivity index is 1.66. The Labute approximate surface area is 270 Å². The number of hydrogen-bond acceptors (Lipinski definition) is 9. The molecule has 0 radical (unpaired) electrons. The van der Waals surface area contributed by atoms with Crippen molar-refractivity contribution in [2.45, 2.75) is 103 Å². The average molecular weight is 633 g/mol. The van der Waals surface area contributed by atoms with E-state index in [1.54, 1.807) is 36.4 Å². The third-order valence-corrected chi connectivity index (χ3v) is 10.1. The van der Waals surface area contributed by atoms with Crippen LogP contribution in [-0.4, -0.2) is 59.5 Å². The summed E-state index contributed by atoms with van der Waals surface area (Å²) >= 11 is 0. The van der Waals surface area contributed by atoms with E-state index in [0.29, 0.717) is 24.8 Å². The van der Waals surface area contributed by atoms with E-state index in [-0.39, 0.29) is 12.3 Å². The summed E-state index contributed by atoms with van der Waals surface area (Å²) in [5.74, 6) is -3.10. The van der Waals surface area contributed by atoms with Gasteiger partial charge in [0.1, 0.15) is 23.9 Å². The highest BCUT2D eigenvalue weighted by atomic mass is 16.6. The Kier molecular flexibility index (Phi) is 9.45. The number of hydrogen-bond donors (Lipinski definition) is 0. The molecule has 1 spiro atoms. The number of rotatable bonds is 9. The minimum Gasteiger partial charge on any atom is -0.459 e. The first-order chi connectivity index (χ1) is 21.8. The number of fused-ring (bicyclic) bond motifs is 1. The van der Waals surface area contributed by atoms with Crippen LogP contribution in [0, 0.1) is 17.3 Å². The molecule has 9 heteroatoms. The van der Waals surface area contributed by atoms with Gasteiger partial charge in [-0.25, -0.2) is 9.59 Å². The highest BCUT2D eigenvalue weighted by Gasteiger charge is 2.82. The zero-order valence-corrected chi connectivity index (χ0v) is 27.4. The van der Waals surface area contributed by atoms with E-state index in [0.717, 1.165) is 5.56 Å². The van der Waals surface area contributed by atoms with Crippen molar-refractivity contribution >= 4 is 30.0 Å². The predicted octanol–water partition coefficient (Wildman–Crippen LogP) is 6.09. The van der Waals surface area contributed by atoms with E-state index in [4.69, 9.17) is 23.7 Å². The number of carbonyl (C=O) groups excluding carboxylic acids is 4. The summed E-state index contributed by atoms with van der Waals surface area (Å²) in [5, 5.41) is 0. The molecule has 0 aromatic heterocycles. The van der Waals surface area contributed by atoms with Crippen LogP contribution in [0.4, 0.5) is 0 Å². The van der Waals surface area contributed by atoms with Gasteiger partial charge in [-0.15, -0.1) is 0 Å². The van der Waals surface area contributed by atoms with Gasteiger partial charge in [-0.2, -0.15) is 0 Å². The molecule has 5 rings (SSSR count). The van der Waals surface area contributed by atoms with Gasteiger partial charge < -0.3 is 23.7 Å². The van der Waals surface area contributed by atoms with Crippen LogP contribution in [0.3, 0.4) is 0 Å². The van der Waals surface area contributed by atoms with Crippen molar-refractivity contribution < 1.29 is 42.9 Å². The lowest BCUT2D eigenvalue weighted by Crippen LogP contribution is -2.76. The van der Waals surface area contributed by atoms with Crippen molar-refractivity contribution in [1.29, 1.82) is 0 Å². The monoisotopic (exact) mass is 632 g/mol. The first-order valence-corrected chi connectivity index (χ1v) is 16.1. The molecule has 246 valence electrons. The summed E-state index contributed by atoms with van der Waals surface area (Å²) in [7, 11) is 0. The third kappa shape index (κ3) is 5.85. The van der Waals surface area contributed by atoms with Crippen LogP contribution in [0.5, 0.6) is 0 Å². The fraction of sp³-hybridized carbons (Fsp3) is 0.514. The van der Waals surface area contributed by atoms with E-state index in [1.165, 1.54) is 13.0 Å². The van der Waals surface area contributed by atoms with Crippen LogP contribution < -0.4 is 0 Å². The number of benzene rings is 2. The molecule has 2 aromatic rings. The predicted molar refractivity (Wildman–Crippen MR) is 169 cm³/mol. The summed E-state index contributed by atoms with van der Waals surface area (Å²) in [5.41, 5.74) is -2.41. The molecule has 0 amide bonds. The molecule has 3 aliphatic rings. The van der Waals surface area contributed by atoms with E-state index in [1.807, 2.05) is 65.0 Å². The largest absolute Gasteiger partial charge is 0.459 e. The Hall–Kier alpha value is -3.98. The fourth-order valence-corrected chi connectivity index (χ4v) is 8.12. The van der Waals surface area contributed by atoms with Gasteiger partial charge >= 0.3 is 23.9 Å². The minimum absolute atomic E-state index is 0.142. The van der Waals surface area contributed by atoms with Crippen LogP contribution in [0.25, 0.3) is 6.08 Å². The van der Waals surface area contributed by atoms with Gasteiger partial charge in [0.15, 0.2) is 6.10 Å². The van der Waals surface area contributed by atoms with Gasteiger partial charge in [0.25, 0.3) is 0 Å². The van der Waals surface area contributed by atoms with Gasteiger partial charge in [-0.05, 0) is 69.7 Å². The van der Waals surface area contributed by atoms with Gasteiger partial charge in [0, 0.05) is 19.4 Å². The normalized spacial score (nSPS) is 32.7. The van der Waals surface area contributed by atoms with Gasteiger partial charge in [0.2, 0.25) is 0 Å². The quantitative estimate of drug-likeness (QED) is 0.184. The molecular weight excluding hydrogens is 588 g/mol. The van der Waals surface area contributed by atoms with Crippen molar-refractivity contribution in [1.82, 2.24) is 0 Å². The maximum absolute atomic E-state index is 13.8. The minimum atomic E-state index is -1.31. The zero-order chi connectivity index (χ0) is 33.3. The summed E-state index contributed by atoms with van der Waals surface area (Å²) in [6.07, 6.45) is 0.794. The maximum Gasteiger partial charge on any atom is 0.338 e. The van der Waals surface area contributed by atoms with E-state index in [9.17, 15) is 19.2 Å². The van der Waals surface area contributed by atoms with Crippen LogP contribution in [0.2, 0.25) is 0 Å². The van der Waals surface area contributed by atoms with Crippen LogP contribution in [0.1, 0.15) is 83.1 Å². The highest BCUT2D eigenvalue weighted by Crippen LogP contribution is 2.68. The molecule has 2 bridgehead atoms. The Morgan fingerprint density at radius 1 is 0.870 bits per heavy atom. The first kappa shape index (κ1) is 33.4. The van der Waals surface area contributed by atoms with Crippen molar-refractivity contribution in [2.24, 2.45) is 17.3 Å². The summed E-state index contributed by atoms with van der Waals surface area (Å²) < 4.78 is 32.1. The Morgan fingerprint density at radius 2 is 1.52 bits per heavy atom. The second-order valence-corrected chi connectivity index (χ2v) is 13.4. The number of ether oxygens (including phenoxy) is 5. The number of carbonyl (C=O) groups is 4. The molecule has 0 N–H and O–H groups in total. The lowest BCUT2D eigenvalue weighted by atomic mass is 9.48. The lowest BCUT2D eigenvalue weighted by molar-refractivity contribution is -0.298. The molecule has 3 fully saturated rings. The van der Waals surface area contributed by atoms with Crippen LogP contribution in [0.15, 0.2) is 66.7 Å². The average Bonchev–Trinajstić information content (AvgIpc) is 3.22. The van der Waals surface area contributed by atoms with Crippen molar-refractivity contribution in [2.75, 3.05) is 0 Å². The van der Waals surface area contributed by atoms with Gasteiger partial charge in [-0.1, -0.05) is 62.4 Å². The van der Waals surface area contributed by atoms with E-state index in [2.05, 4.69) is 0 Å². The fourth-order valence-electron chi connectivity index (χ4n) is 8.12. The zero-order valence-electron chi connectivity index (χ0n) is 27.4. The van der Waals surface area contributed by atoms with Crippen molar-refractivity contribution in [3.8, 4) is 0 Å². The summed E-state index contributed by atoms with van der Waals surface area (Å²) in [6.45, 7) is 10.8. The smallest absolute Gasteiger partial charge is 0.338 e. The molecule has 9 nitrogen and oxygen atoms in total. The molecular formula is C37H44O9. The van der Waals surface area contributed by atoms with E-state index >= 15 is 0 Å². The molecule has 46 heavy (non-hydrogen) atoms. The highest BCUT2D eigenvalue weighted by molar-refractivity contribution is 5.89. The molecule has 2 aliphatic carbocycles. The lowest BCUT2D eigenvalue weighted by Gasteiger charge is -2.62. The van der Waals surface area contributed by atoms with E-state index < -0.39 is 70.8 Å². The van der Waals surface area contributed by atoms with Crippen LogP contribution in [-0.2, 0) is 38.1 Å². The molecule has 1 aliphatic heterocycles. The first-order valence-electron chi connectivity index (χ1n) is 16.1. The summed E-state index contributed by atoms with van der Waals surface area (Å²) in [6, 6.07) is 17.9. The molecule has 1 saturated heterocycles. The summed E-state index contributed by atoms with van der Waals surface area (Å²) in [4.78, 5) is 53.2. The molecule has 1 heterocycles. The third-order valence-electron chi connectivity index (χ3n) is 10.1. The SMILES string of the molecule is CCCC(=O)O[C@@H]1[C@@H]2[C@@H](OC(C)=O)[C@]3(OC2(C)C)[C@H](C)CC[C@H](OC(=O)C=Cc2ccccc2)[C@@]3(C)[C@@H]1OC(=O)c1ccccc1. The molecule has 2 saturated carbocycles. The van der Waals surface area contributed by atoms with Crippen molar-refractivity contribution in [3.05, 3.63) is 77.9 Å². The molecule has 2 aromatic carbocycles. The van der Waals surface area contributed by atoms with Gasteiger partial charge in [-0.3, -0.25) is 9.59 Å². The molecule has 0 unspecified atom stereocenters. The Bertz CT molecular complexity index is 1470.